The van der Waals surface area contributed by atoms with Gasteiger partial charge in [0.1, 0.15) is 6.04 Å². The lowest BCUT2D eigenvalue weighted by Crippen LogP contribution is -2.93. The molecule has 0 unspecified atom stereocenters. The predicted octanol–water partition coefficient (Wildman–Crippen LogP) is 2.34. The molecule has 2 atom stereocenters. The first kappa shape index (κ1) is 19.2. The predicted molar refractivity (Wildman–Crippen MR) is 90.0 cm³/mol. The van der Waals surface area contributed by atoms with E-state index in [0.29, 0.717) is 11.8 Å². The summed E-state index contributed by atoms with van der Waals surface area (Å²) in [6, 6.07) is 8.30. The highest BCUT2D eigenvalue weighted by Gasteiger charge is 2.26. The second kappa shape index (κ2) is 8.67. The average molecular weight is 321 g/mol. The maximum absolute atomic E-state index is 12.0. The van der Waals surface area contributed by atoms with Crippen LogP contribution in [-0.4, -0.2) is 25.2 Å². The number of carbonyl (C=O) groups is 2. The van der Waals surface area contributed by atoms with Gasteiger partial charge in [-0.2, -0.15) is 0 Å². The number of ether oxygens (including phenoxy) is 1. The maximum atomic E-state index is 12.0. The van der Waals surface area contributed by atoms with Crippen molar-refractivity contribution in [1.82, 2.24) is 5.32 Å². The van der Waals surface area contributed by atoms with Crippen LogP contribution in [0.3, 0.4) is 0 Å². The molecule has 1 aromatic carbocycles. The fraction of sp³-hybridized carbons (Fsp3) is 0.556. The molecule has 0 spiro atoms. The minimum Gasteiger partial charge on any atom is -0.453 e. The Morgan fingerprint density at radius 2 is 1.52 bits per heavy atom. The van der Waals surface area contributed by atoms with Gasteiger partial charge in [-0.3, -0.25) is 10.1 Å². The summed E-state index contributed by atoms with van der Waals surface area (Å²) in [6.45, 7) is 10.4. The molecule has 1 rings (SSSR count). The molecule has 0 aromatic heterocycles. The lowest BCUT2D eigenvalue weighted by Gasteiger charge is -2.23. The molecule has 0 saturated carbocycles. The van der Waals surface area contributed by atoms with Gasteiger partial charge in [0.25, 0.3) is 5.91 Å². The maximum Gasteiger partial charge on any atom is 0.413 e. The van der Waals surface area contributed by atoms with Gasteiger partial charge in [-0.25, -0.2) is 4.79 Å². The van der Waals surface area contributed by atoms with E-state index in [4.69, 9.17) is 0 Å². The van der Waals surface area contributed by atoms with Crippen molar-refractivity contribution in [1.29, 1.82) is 0 Å². The van der Waals surface area contributed by atoms with Gasteiger partial charge in [0.2, 0.25) is 0 Å². The van der Waals surface area contributed by atoms with Crippen LogP contribution in [0.25, 0.3) is 0 Å². The summed E-state index contributed by atoms with van der Waals surface area (Å²) >= 11 is 0. The molecule has 0 aliphatic rings. The molecule has 0 fully saturated rings. The Hall–Kier alpha value is -1.88. The minimum atomic E-state index is -0.724. The number of alkyl carbamates (subject to hydrolysis) is 1. The molecule has 1 aromatic rings. The molecule has 5 heteroatoms. The molecule has 3 N–H and O–H groups in total. The molecule has 2 amide bonds. The molecule has 128 valence electrons. The largest absolute Gasteiger partial charge is 0.453 e. The number of hydrogen-bond donors (Lipinski definition) is 2. The molecule has 0 radical (unpaired) electrons. The number of amides is 2. The van der Waals surface area contributed by atoms with E-state index in [1.54, 1.807) is 6.92 Å². The van der Waals surface area contributed by atoms with E-state index in [9.17, 15) is 9.59 Å². The first-order chi connectivity index (χ1) is 10.8. The van der Waals surface area contributed by atoms with Crippen LogP contribution in [0, 0.1) is 5.92 Å². The van der Waals surface area contributed by atoms with Crippen molar-refractivity contribution in [2.45, 2.75) is 52.6 Å². The van der Waals surface area contributed by atoms with E-state index in [2.05, 4.69) is 62.0 Å². The van der Waals surface area contributed by atoms with Crippen LogP contribution >= 0.6 is 0 Å². The van der Waals surface area contributed by atoms with Crippen molar-refractivity contribution in [3.8, 4) is 0 Å². The third-order valence-corrected chi connectivity index (χ3v) is 4.03. The average Bonchev–Trinajstić information content (AvgIpc) is 2.51. The van der Waals surface area contributed by atoms with E-state index in [1.165, 1.54) is 18.2 Å². The highest BCUT2D eigenvalue weighted by molar-refractivity contribution is 5.93. The number of rotatable bonds is 6. The topological polar surface area (TPSA) is 72.0 Å². The Morgan fingerprint density at radius 3 is 1.96 bits per heavy atom. The molecule has 0 aliphatic carbocycles. The van der Waals surface area contributed by atoms with E-state index in [0.717, 1.165) is 0 Å². The summed E-state index contributed by atoms with van der Waals surface area (Å²) in [4.78, 5) is 23.2. The van der Waals surface area contributed by atoms with Gasteiger partial charge in [-0.05, 0) is 18.4 Å². The monoisotopic (exact) mass is 321 g/mol. The van der Waals surface area contributed by atoms with Gasteiger partial charge >= 0.3 is 6.09 Å². The van der Waals surface area contributed by atoms with E-state index in [1.807, 2.05) is 5.32 Å². The van der Waals surface area contributed by atoms with Gasteiger partial charge < -0.3 is 10.1 Å². The minimum absolute atomic E-state index is 0.148. The Bertz CT molecular complexity index is 524. The summed E-state index contributed by atoms with van der Waals surface area (Å²) < 4.78 is 4.46. The number of quaternary nitrogens is 1. The Kier molecular flexibility index (Phi) is 7.23. The fourth-order valence-corrected chi connectivity index (χ4v) is 2.49. The zero-order valence-corrected chi connectivity index (χ0v) is 14.9. The van der Waals surface area contributed by atoms with Gasteiger partial charge in [-0.1, -0.05) is 52.0 Å². The lowest BCUT2D eigenvalue weighted by atomic mass is 9.93. The molecular formula is C18H29N2O3+. The number of benzene rings is 1. The summed E-state index contributed by atoms with van der Waals surface area (Å²) in [5.41, 5.74) is 2.48. The Balaban J connectivity index is 2.82. The van der Waals surface area contributed by atoms with Gasteiger partial charge in [0, 0.05) is 11.5 Å². The van der Waals surface area contributed by atoms with Crippen LogP contribution in [0.1, 0.15) is 57.7 Å². The standard InChI is InChI=1S/C18H28N2O3/c1-11(2)14-7-9-15(10-8-14)16(12(3)4)19-13(5)17(21)20-18(22)23-6/h7-13,16,19H,1-6H3,(H,20,21,22)/p+1/t13-,16-/m0/s1. The van der Waals surface area contributed by atoms with Crippen LogP contribution in [0.4, 0.5) is 4.79 Å². The van der Waals surface area contributed by atoms with E-state index in [-0.39, 0.29) is 18.0 Å². The van der Waals surface area contributed by atoms with Crippen LogP contribution in [0.5, 0.6) is 0 Å². The van der Waals surface area contributed by atoms with E-state index < -0.39 is 6.09 Å². The number of methoxy groups -OCH3 is 1. The number of carbonyl (C=O) groups excluding carboxylic acids is 2. The Morgan fingerprint density at radius 1 is 1.00 bits per heavy atom. The summed E-state index contributed by atoms with van der Waals surface area (Å²) in [5.74, 6) is 0.505. The van der Waals surface area contributed by atoms with Gasteiger partial charge in [0.05, 0.1) is 7.11 Å². The summed E-state index contributed by atoms with van der Waals surface area (Å²) in [6.07, 6.45) is -0.724. The summed E-state index contributed by atoms with van der Waals surface area (Å²) in [7, 11) is 1.24. The first-order valence-electron chi connectivity index (χ1n) is 8.09. The Labute approximate surface area is 138 Å². The first-order valence-corrected chi connectivity index (χ1v) is 8.09. The van der Waals surface area contributed by atoms with Crippen LogP contribution in [0.15, 0.2) is 24.3 Å². The molecule has 0 heterocycles. The lowest BCUT2D eigenvalue weighted by molar-refractivity contribution is -0.719. The van der Waals surface area contributed by atoms with Gasteiger partial charge in [-0.15, -0.1) is 0 Å². The second-order valence-corrected chi connectivity index (χ2v) is 6.55. The quantitative estimate of drug-likeness (QED) is 0.845. The second-order valence-electron chi connectivity index (χ2n) is 6.55. The normalized spacial score (nSPS) is 13.7. The molecule has 5 nitrogen and oxygen atoms in total. The highest BCUT2D eigenvalue weighted by atomic mass is 16.5. The molecule has 0 bridgehead atoms. The van der Waals surface area contributed by atoms with E-state index >= 15 is 0 Å². The smallest absolute Gasteiger partial charge is 0.413 e. The number of imide groups is 1. The van der Waals surface area contributed by atoms with Gasteiger partial charge in [0.15, 0.2) is 6.04 Å². The zero-order chi connectivity index (χ0) is 17.6. The van der Waals surface area contributed by atoms with Crippen LogP contribution in [0.2, 0.25) is 0 Å². The molecule has 0 saturated heterocycles. The van der Waals surface area contributed by atoms with Crippen molar-refractivity contribution < 1.29 is 19.6 Å². The summed E-state index contributed by atoms with van der Waals surface area (Å²) in [5, 5.41) is 4.21. The van der Waals surface area contributed by atoms with Crippen molar-refractivity contribution in [2.24, 2.45) is 5.92 Å². The zero-order valence-electron chi connectivity index (χ0n) is 14.9. The number of nitrogens with two attached hydrogens (primary N) is 1. The molecule has 0 aliphatic heterocycles. The molecular weight excluding hydrogens is 292 g/mol. The third kappa shape index (κ3) is 5.67. The SMILES string of the molecule is COC(=O)NC(=O)[C@H](C)[NH2+][C@H](c1ccc(C(C)C)cc1)C(C)C. The van der Waals surface area contributed by atoms with Crippen LogP contribution in [-0.2, 0) is 9.53 Å². The van der Waals surface area contributed by atoms with Crippen LogP contribution < -0.4 is 10.6 Å². The third-order valence-electron chi connectivity index (χ3n) is 4.03. The fourth-order valence-electron chi connectivity index (χ4n) is 2.49. The van der Waals surface area contributed by atoms with Crippen molar-refractivity contribution in [3.63, 3.8) is 0 Å². The number of hydrogen-bond acceptors (Lipinski definition) is 3. The van der Waals surface area contributed by atoms with Crippen molar-refractivity contribution in [2.75, 3.05) is 7.11 Å². The highest BCUT2D eigenvalue weighted by Crippen LogP contribution is 2.21. The molecule has 23 heavy (non-hydrogen) atoms. The number of nitrogens with one attached hydrogen (secondary N) is 1. The van der Waals surface area contributed by atoms with Crippen molar-refractivity contribution >= 4 is 12.0 Å². The van der Waals surface area contributed by atoms with Crippen molar-refractivity contribution in [3.05, 3.63) is 35.4 Å².